The first-order valence-electron chi connectivity index (χ1n) is 10.1. The summed E-state index contributed by atoms with van der Waals surface area (Å²) >= 11 is 6.04. The first-order chi connectivity index (χ1) is 16.3. The number of benzene rings is 2. The van der Waals surface area contributed by atoms with E-state index in [0.717, 1.165) is 28.8 Å². The number of rotatable bonds is 4. The molecule has 0 unspecified atom stereocenters. The predicted molar refractivity (Wildman–Crippen MR) is 121 cm³/mol. The first-order valence-corrected chi connectivity index (χ1v) is 10.5. The van der Waals surface area contributed by atoms with Gasteiger partial charge in [0.1, 0.15) is 0 Å². The summed E-state index contributed by atoms with van der Waals surface area (Å²) in [6.07, 6.45) is 0.419. The maximum atomic E-state index is 13.0. The molecule has 0 amide bonds. The molecule has 34 heavy (non-hydrogen) atoms. The van der Waals surface area contributed by atoms with Gasteiger partial charge in [0.15, 0.2) is 5.65 Å². The van der Waals surface area contributed by atoms with Crippen LogP contribution in [0, 0.1) is 0 Å². The Hall–Kier alpha value is -3.98. The molecule has 0 saturated heterocycles. The minimum atomic E-state index is -4.43. The molecule has 0 N–H and O–H groups in total. The fourth-order valence-corrected chi connectivity index (χ4v) is 3.81. The van der Waals surface area contributed by atoms with Gasteiger partial charge in [-0.15, -0.1) is 5.10 Å². The summed E-state index contributed by atoms with van der Waals surface area (Å²) in [5.74, 6) is 0. The highest BCUT2D eigenvalue weighted by atomic mass is 35.5. The van der Waals surface area contributed by atoms with Crippen molar-refractivity contribution in [2.24, 2.45) is 0 Å². The number of halogens is 4. The van der Waals surface area contributed by atoms with Gasteiger partial charge in [0.05, 0.1) is 18.3 Å². The molecule has 10 heteroatoms. The van der Waals surface area contributed by atoms with E-state index >= 15 is 0 Å². The van der Waals surface area contributed by atoms with Crippen LogP contribution in [0.2, 0.25) is 5.02 Å². The van der Waals surface area contributed by atoms with Crippen LogP contribution < -0.4 is 5.69 Å². The van der Waals surface area contributed by atoms with Crippen molar-refractivity contribution in [2.75, 3.05) is 0 Å². The standard InChI is InChI=1S/C24H15ClF3N5O/c25-19-7-3-16(4-8-19)20-13-30-33-22(21(20)17-9-11-29-12-10-17)31-32(23(33)34)14-15-1-5-18(6-2-15)24(26,27)28/h1-13H,14H2. The summed E-state index contributed by atoms with van der Waals surface area (Å²) in [6.45, 7) is -0.00755. The SMILES string of the molecule is O=c1n(Cc2ccc(C(F)(F)F)cc2)nc2c(-c3ccncc3)c(-c3ccc(Cl)cc3)cnn12. The van der Waals surface area contributed by atoms with Crippen molar-refractivity contribution >= 4 is 17.2 Å². The Bertz CT molecular complexity index is 1530. The number of hydrogen-bond donors (Lipinski definition) is 0. The second-order valence-electron chi connectivity index (χ2n) is 7.55. The Morgan fingerprint density at radius 1 is 0.882 bits per heavy atom. The number of pyridine rings is 1. The van der Waals surface area contributed by atoms with E-state index in [1.807, 2.05) is 12.1 Å². The molecule has 0 saturated carbocycles. The Kier molecular flexibility index (Phi) is 5.41. The monoisotopic (exact) mass is 481 g/mol. The van der Waals surface area contributed by atoms with Gasteiger partial charge in [-0.05, 0) is 53.1 Å². The van der Waals surface area contributed by atoms with Crippen molar-refractivity contribution < 1.29 is 13.2 Å². The number of fused-ring (bicyclic) bond motifs is 1. The maximum Gasteiger partial charge on any atom is 0.416 e. The molecule has 6 nitrogen and oxygen atoms in total. The zero-order valence-electron chi connectivity index (χ0n) is 17.4. The van der Waals surface area contributed by atoms with Crippen LogP contribution in [0.3, 0.4) is 0 Å². The zero-order chi connectivity index (χ0) is 23.9. The van der Waals surface area contributed by atoms with Crippen LogP contribution in [0.15, 0.2) is 84.0 Å². The Labute approximate surface area is 195 Å². The van der Waals surface area contributed by atoms with Gasteiger partial charge < -0.3 is 0 Å². The zero-order valence-corrected chi connectivity index (χ0v) is 18.1. The third-order valence-electron chi connectivity index (χ3n) is 5.35. The molecule has 0 bridgehead atoms. The molecule has 0 aliphatic heterocycles. The topological polar surface area (TPSA) is 65.1 Å². The van der Waals surface area contributed by atoms with Crippen molar-refractivity contribution in [3.63, 3.8) is 0 Å². The van der Waals surface area contributed by atoms with Gasteiger partial charge in [0.2, 0.25) is 0 Å². The molecule has 3 aromatic heterocycles. The summed E-state index contributed by atoms with van der Waals surface area (Å²) in [5.41, 5.74) is 2.57. The lowest BCUT2D eigenvalue weighted by molar-refractivity contribution is -0.137. The van der Waals surface area contributed by atoms with Crippen LogP contribution in [0.4, 0.5) is 13.2 Å². The summed E-state index contributed by atoms with van der Waals surface area (Å²) in [4.78, 5) is 17.1. The van der Waals surface area contributed by atoms with Gasteiger partial charge in [0.25, 0.3) is 0 Å². The highest BCUT2D eigenvalue weighted by Crippen LogP contribution is 2.34. The van der Waals surface area contributed by atoms with Crippen molar-refractivity contribution in [3.8, 4) is 22.3 Å². The van der Waals surface area contributed by atoms with E-state index in [1.165, 1.54) is 21.3 Å². The molecular weight excluding hydrogens is 467 g/mol. The highest BCUT2D eigenvalue weighted by molar-refractivity contribution is 6.30. The lowest BCUT2D eigenvalue weighted by Crippen LogP contribution is -2.23. The summed E-state index contributed by atoms with van der Waals surface area (Å²) in [7, 11) is 0. The third kappa shape index (κ3) is 4.06. The lowest BCUT2D eigenvalue weighted by atomic mass is 9.98. The summed E-state index contributed by atoms with van der Waals surface area (Å²) in [6, 6.07) is 15.4. The molecule has 170 valence electrons. The van der Waals surface area contributed by atoms with Crippen molar-refractivity contribution in [2.45, 2.75) is 12.7 Å². The van der Waals surface area contributed by atoms with Crippen molar-refractivity contribution in [1.82, 2.24) is 24.4 Å². The molecule has 0 radical (unpaired) electrons. The van der Waals surface area contributed by atoms with Gasteiger partial charge in [-0.1, -0.05) is 35.9 Å². The van der Waals surface area contributed by atoms with Crippen LogP contribution >= 0.6 is 11.6 Å². The average molecular weight is 482 g/mol. The lowest BCUT2D eigenvalue weighted by Gasteiger charge is -2.10. The van der Waals surface area contributed by atoms with Crippen LogP contribution in [-0.2, 0) is 12.7 Å². The third-order valence-corrected chi connectivity index (χ3v) is 5.60. The van der Waals surface area contributed by atoms with E-state index < -0.39 is 17.4 Å². The van der Waals surface area contributed by atoms with Gasteiger partial charge >= 0.3 is 11.9 Å². The fraction of sp³-hybridized carbons (Fsp3) is 0.0833. The van der Waals surface area contributed by atoms with E-state index in [9.17, 15) is 18.0 Å². The second kappa shape index (κ2) is 8.42. The molecule has 0 atom stereocenters. The largest absolute Gasteiger partial charge is 0.416 e. The van der Waals surface area contributed by atoms with E-state index in [2.05, 4.69) is 15.2 Å². The second-order valence-corrected chi connectivity index (χ2v) is 7.98. The maximum absolute atomic E-state index is 13.0. The Morgan fingerprint density at radius 2 is 1.56 bits per heavy atom. The first kappa shape index (κ1) is 21.8. The smallest absolute Gasteiger partial charge is 0.265 e. The van der Waals surface area contributed by atoms with Gasteiger partial charge in [0, 0.05) is 28.5 Å². The fourth-order valence-electron chi connectivity index (χ4n) is 3.69. The highest BCUT2D eigenvalue weighted by Gasteiger charge is 2.30. The van der Waals surface area contributed by atoms with Crippen molar-refractivity contribution in [3.05, 3.63) is 106 Å². The van der Waals surface area contributed by atoms with Crippen LogP contribution in [-0.4, -0.2) is 24.4 Å². The molecule has 5 aromatic rings. The minimum absolute atomic E-state index is 0.00755. The predicted octanol–water partition coefficient (Wildman–Crippen LogP) is 5.34. The molecular formula is C24H15ClF3N5O. The van der Waals surface area contributed by atoms with Gasteiger partial charge in [-0.2, -0.15) is 22.8 Å². The van der Waals surface area contributed by atoms with Gasteiger partial charge in [-0.25, -0.2) is 9.48 Å². The summed E-state index contributed by atoms with van der Waals surface area (Å²) in [5, 5.41) is 9.38. The van der Waals surface area contributed by atoms with E-state index in [4.69, 9.17) is 11.6 Å². The minimum Gasteiger partial charge on any atom is -0.265 e. The van der Waals surface area contributed by atoms with Crippen LogP contribution in [0.1, 0.15) is 11.1 Å². The van der Waals surface area contributed by atoms with Gasteiger partial charge in [-0.3, -0.25) is 4.98 Å². The molecule has 3 heterocycles. The average Bonchev–Trinajstić information content (AvgIpc) is 3.14. The number of aromatic nitrogens is 5. The number of hydrogen-bond acceptors (Lipinski definition) is 4. The van der Waals surface area contributed by atoms with E-state index in [1.54, 1.807) is 42.9 Å². The normalized spacial score (nSPS) is 11.8. The van der Waals surface area contributed by atoms with E-state index in [-0.39, 0.29) is 6.54 Å². The molecule has 0 fully saturated rings. The quantitative estimate of drug-likeness (QED) is 0.347. The van der Waals surface area contributed by atoms with Crippen LogP contribution in [0.5, 0.6) is 0 Å². The Balaban J connectivity index is 1.65. The van der Waals surface area contributed by atoms with Crippen molar-refractivity contribution in [1.29, 1.82) is 0 Å². The summed E-state index contributed by atoms with van der Waals surface area (Å²) < 4.78 is 41.0. The molecule has 0 aliphatic rings. The molecule has 5 rings (SSSR count). The molecule has 2 aromatic carbocycles. The van der Waals surface area contributed by atoms with Crippen LogP contribution in [0.25, 0.3) is 27.9 Å². The number of nitrogens with zero attached hydrogens (tertiary/aromatic N) is 5. The number of alkyl halides is 3. The molecule has 0 aliphatic carbocycles. The Morgan fingerprint density at radius 3 is 2.21 bits per heavy atom. The molecule has 0 spiro atoms. The van der Waals surface area contributed by atoms with E-state index in [0.29, 0.717) is 21.8 Å².